The van der Waals surface area contributed by atoms with E-state index in [1.54, 1.807) is 42.9 Å². The van der Waals surface area contributed by atoms with Crippen molar-refractivity contribution < 1.29 is 27.6 Å². The fraction of sp³-hybridized carbons (Fsp3) is 0.312. The smallest absolute Gasteiger partial charge is 0.277 e. The van der Waals surface area contributed by atoms with E-state index >= 15 is 0 Å². The molecule has 1 saturated heterocycles. The molecule has 0 bridgehead atoms. The number of aromatic nitrogens is 3. The second-order valence-corrected chi connectivity index (χ2v) is 19.7. The van der Waals surface area contributed by atoms with Crippen LogP contribution in [-0.2, 0) is 22.9 Å². The highest BCUT2D eigenvalue weighted by Gasteiger charge is 2.33. The van der Waals surface area contributed by atoms with E-state index in [1.807, 2.05) is 30.3 Å². The minimum atomic E-state index is -4.64. The Bertz CT molecular complexity index is 2880. The number of carbonyl (C=O) groups excluding carboxylic acids is 1. The minimum absolute atomic E-state index is 0.0512. The molecular formula is C48H48ClN7O7S. The van der Waals surface area contributed by atoms with E-state index in [1.165, 1.54) is 29.0 Å². The number of allylic oxidation sites excluding steroid dienone is 1. The van der Waals surface area contributed by atoms with Gasteiger partial charge in [-0.3, -0.25) is 24.8 Å². The third kappa shape index (κ3) is 9.47. The van der Waals surface area contributed by atoms with Gasteiger partial charge >= 0.3 is 0 Å². The Morgan fingerprint density at radius 2 is 1.81 bits per heavy atom. The molecule has 1 amide bonds. The van der Waals surface area contributed by atoms with Gasteiger partial charge in [0.05, 0.1) is 33.7 Å². The van der Waals surface area contributed by atoms with Crippen LogP contribution in [0.5, 0.6) is 17.2 Å². The van der Waals surface area contributed by atoms with Crippen LogP contribution < -0.4 is 19.1 Å². The summed E-state index contributed by atoms with van der Waals surface area (Å²) in [6.07, 6.45) is 10.7. The Hall–Kier alpha value is -6.29. The summed E-state index contributed by atoms with van der Waals surface area (Å²) in [5, 5.41) is 13.8. The first-order valence-corrected chi connectivity index (χ1v) is 23.2. The summed E-state index contributed by atoms with van der Waals surface area (Å²) in [5.41, 5.74) is 6.64. The van der Waals surface area contributed by atoms with Crippen molar-refractivity contribution in [2.45, 2.75) is 50.8 Å². The summed E-state index contributed by atoms with van der Waals surface area (Å²) >= 11 is 6.25. The zero-order chi connectivity index (χ0) is 44.6. The van der Waals surface area contributed by atoms with E-state index in [0.29, 0.717) is 29.8 Å². The first-order chi connectivity index (χ1) is 30.8. The van der Waals surface area contributed by atoms with Gasteiger partial charge in [0.15, 0.2) is 0 Å². The van der Waals surface area contributed by atoms with Crippen molar-refractivity contribution in [1.82, 2.24) is 24.6 Å². The fourth-order valence-electron chi connectivity index (χ4n) is 9.01. The standard InChI is InChI=1S/C48H48ClN7O7S/c1-48(2)13-9-35(42(27-48)33-3-5-36(49)6-4-33)29-54-17-19-55(20-18-54)37-7-8-40(45(24-37)63-38-23-34-12-16-51-46(34)52-28-38)47(57)53-64(60,61)39-25-43(56(58)59)41-22-32(30-62-44(41)26-39)21-31-10-14-50-15-11-31/h3-8,10-12,14-16,23-26,28,32H,9,13,17-22,27,29-30H2,1-2H3,(H,51,52)(H,53,57)/t32-/m1/s1. The summed E-state index contributed by atoms with van der Waals surface area (Å²) in [7, 11) is -4.64. The number of rotatable bonds is 12. The fourth-order valence-corrected chi connectivity index (χ4v) is 10.1. The van der Waals surface area contributed by atoms with Crippen LogP contribution in [0.2, 0.25) is 5.02 Å². The average molecular weight is 902 g/mol. The number of nitro groups is 1. The van der Waals surface area contributed by atoms with Gasteiger partial charge in [0, 0.05) is 91.5 Å². The lowest BCUT2D eigenvalue weighted by Gasteiger charge is -2.39. The van der Waals surface area contributed by atoms with Crippen molar-refractivity contribution in [3.63, 3.8) is 0 Å². The number of aromatic amines is 1. The van der Waals surface area contributed by atoms with Crippen molar-refractivity contribution in [1.29, 1.82) is 0 Å². The molecule has 16 heteroatoms. The molecule has 1 aliphatic carbocycles. The van der Waals surface area contributed by atoms with E-state index < -0.39 is 31.4 Å². The second-order valence-electron chi connectivity index (χ2n) is 17.6. The molecule has 14 nitrogen and oxygen atoms in total. The number of nitro benzene ring substituents is 1. The average Bonchev–Trinajstić information content (AvgIpc) is 3.75. The predicted octanol–water partition coefficient (Wildman–Crippen LogP) is 9.01. The van der Waals surface area contributed by atoms with Gasteiger partial charge in [-0.25, -0.2) is 18.1 Å². The number of benzene rings is 3. The monoisotopic (exact) mass is 901 g/mol. The molecule has 64 heavy (non-hydrogen) atoms. The van der Waals surface area contributed by atoms with E-state index in [0.717, 1.165) is 79.7 Å². The molecule has 2 aliphatic heterocycles. The van der Waals surface area contributed by atoms with E-state index in [9.17, 15) is 23.3 Å². The molecule has 6 aromatic rings. The first-order valence-electron chi connectivity index (χ1n) is 21.4. The highest BCUT2D eigenvalue weighted by Crippen LogP contribution is 2.44. The summed E-state index contributed by atoms with van der Waals surface area (Å²) in [4.78, 5) is 41.5. The van der Waals surface area contributed by atoms with Crippen LogP contribution in [0.1, 0.15) is 60.2 Å². The van der Waals surface area contributed by atoms with Gasteiger partial charge in [-0.1, -0.05) is 43.2 Å². The topological polar surface area (TPSA) is 173 Å². The SMILES string of the molecule is CC1(C)CCC(CN2CCN(c3ccc(C(=O)NS(=O)(=O)c4cc5c(c([N+](=O)[O-])c4)C[C@@H](Cc4ccncc4)CO5)c(Oc4cnc5[nH]ccc5c4)c3)CC2)=C(c2ccc(Cl)cc2)C1. The van der Waals surface area contributed by atoms with E-state index in [2.05, 4.69) is 55.5 Å². The quantitative estimate of drug-likeness (QED) is 0.0887. The molecule has 330 valence electrons. The van der Waals surface area contributed by atoms with Gasteiger partial charge < -0.3 is 19.4 Å². The molecule has 0 radical (unpaired) electrons. The van der Waals surface area contributed by atoms with Crippen LogP contribution in [0.3, 0.4) is 0 Å². The summed E-state index contributed by atoms with van der Waals surface area (Å²) in [6.45, 7) is 8.84. The number of nitrogens with zero attached hydrogens (tertiary/aromatic N) is 5. The highest BCUT2D eigenvalue weighted by atomic mass is 35.5. The Kier molecular flexibility index (Phi) is 11.9. The number of nitrogens with one attached hydrogen (secondary N) is 2. The number of fused-ring (bicyclic) bond motifs is 2. The molecule has 0 saturated carbocycles. The van der Waals surface area contributed by atoms with Gasteiger partial charge in [-0.15, -0.1) is 0 Å². The molecule has 3 aliphatic rings. The normalized spacial score (nSPS) is 17.7. The molecular weight excluding hydrogens is 854 g/mol. The molecule has 0 unspecified atom stereocenters. The molecule has 5 heterocycles. The number of ether oxygens (including phenoxy) is 2. The van der Waals surface area contributed by atoms with Crippen LogP contribution in [-0.4, -0.2) is 78.4 Å². The van der Waals surface area contributed by atoms with Crippen molar-refractivity contribution in [3.05, 3.63) is 147 Å². The largest absolute Gasteiger partial charge is 0.493 e. The third-order valence-corrected chi connectivity index (χ3v) is 14.0. The Balaban J connectivity index is 0.945. The van der Waals surface area contributed by atoms with Crippen LogP contribution in [0.25, 0.3) is 16.6 Å². The zero-order valence-electron chi connectivity index (χ0n) is 35.6. The number of halogens is 1. The number of amides is 1. The molecule has 0 spiro atoms. The van der Waals surface area contributed by atoms with Gasteiger partial charge in [0.2, 0.25) is 0 Å². The predicted molar refractivity (Wildman–Crippen MR) is 246 cm³/mol. The van der Waals surface area contributed by atoms with Crippen molar-refractivity contribution in [2.24, 2.45) is 11.3 Å². The van der Waals surface area contributed by atoms with Crippen LogP contribution >= 0.6 is 11.6 Å². The van der Waals surface area contributed by atoms with Crippen LogP contribution in [0.4, 0.5) is 11.4 Å². The molecule has 2 N–H and O–H groups in total. The maximum atomic E-state index is 14.1. The van der Waals surface area contributed by atoms with Gasteiger partial charge in [0.25, 0.3) is 21.6 Å². The van der Waals surface area contributed by atoms with Crippen molar-refractivity contribution >= 4 is 55.5 Å². The first kappa shape index (κ1) is 43.0. The number of sulfonamides is 1. The Labute approximate surface area is 376 Å². The van der Waals surface area contributed by atoms with E-state index in [-0.39, 0.29) is 35.0 Å². The zero-order valence-corrected chi connectivity index (χ0v) is 37.1. The summed E-state index contributed by atoms with van der Waals surface area (Å²) in [5.74, 6) is -0.491. The van der Waals surface area contributed by atoms with Gasteiger partial charge in [-0.2, -0.15) is 0 Å². The number of anilines is 1. The maximum absolute atomic E-state index is 14.1. The summed E-state index contributed by atoms with van der Waals surface area (Å²) < 4.78 is 42.2. The number of pyridine rings is 2. The van der Waals surface area contributed by atoms with Crippen molar-refractivity contribution in [2.75, 3.05) is 44.2 Å². The number of hydrogen-bond donors (Lipinski definition) is 2. The van der Waals surface area contributed by atoms with Crippen molar-refractivity contribution in [3.8, 4) is 17.2 Å². The lowest BCUT2D eigenvalue weighted by molar-refractivity contribution is -0.386. The minimum Gasteiger partial charge on any atom is -0.493 e. The number of H-pyrrole nitrogens is 1. The van der Waals surface area contributed by atoms with Gasteiger partial charge in [0.1, 0.15) is 22.9 Å². The lowest BCUT2D eigenvalue weighted by atomic mass is 9.72. The van der Waals surface area contributed by atoms with Crippen LogP contribution in [0.15, 0.2) is 114 Å². The van der Waals surface area contributed by atoms with Gasteiger partial charge in [-0.05, 0) is 103 Å². The Morgan fingerprint density at radius 3 is 2.58 bits per heavy atom. The number of carbonyl (C=O) groups is 1. The maximum Gasteiger partial charge on any atom is 0.277 e. The molecule has 1 atom stereocenters. The van der Waals surface area contributed by atoms with E-state index in [4.69, 9.17) is 21.1 Å². The third-order valence-electron chi connectivity index (χ3n) is 12.5. The summed E-state index contributed by atoms with van der Waals surface area (Å²) in [6, 6.07) is 22.8. The highest BCUT2D eigenvalue weighted by molar-refractivity contribution is 7.90. The molecule has 3 aromatic carbocycles. The molecule has 1 fully saturated rings. The lowest BCUT2D eigenvalue weighted by Crippen LogP contribution is -2.47. The Morgan fingerprint density at radius 1 is 1.03 bits per heavy atom. The van der Waals surface area contributed by atoms with Crippen LogP contribution in [0, 0.1) is 21.4 Å². The molecule has 3 aromatic heterocycles. The number of hydrogen-bond acceptors (Lipinski definition) is 11. The second kappa shape index (κ2) is 17.7. The molecule has 9 rings (SSSR count). The number of piperazine rings is 1.